The first-order chi connectivity index (χ1) is 14.1. The Hall–Kier alpha value is -2.91. The van der Waals surface area contributed by atoms with Crippen LogP contribution in [0.5, 0.6) is 5.75 Å². The Kier molecular flexibility index (Phi) is 7.96. The predicted octanol–water partition coefficient (Wildman–Crippen LogP) is 2.32. The van der Waals surface area contributed by atoms with E-state index in [-0.39, 0.29) is 22.5 Å². The Morgan fingerprint density at radius 3 is 2.23 bits per heavy atom. The summed E-state index contributed by atoms with van der Waals surface area (Å²) in [6, 6.07) is 12.4. The number of hydrogen-bond acceptors (Lipinski definition) is 6. The highest BCUT2D eigenvalue weighted by Crippen LogP contribution is 2.22. The number of hydrogen-bond donors (Lipinski definition) is 1. The normalized spacial score (nSPS) is 11.2. The van der Waals surface area contributed by atoms with E-state index in [9.17, 15) is 18.0 Å². The Bertz CT molecular complexity index is 988. The van der Waals surface area contributed by atoms with Gasteiger partial charge in [-0.1, -0.05) is 12.1 Å². The van der Waals surface area contributed by atoms with Gasteiger partial charge in [0.2, 0.25) is 11.8 Å². The highest BCUT2D eigenvalue weighted by Gasteiger charge is 2.17. The van der Waals surface area contributed by atoms with E-state index >= 15 is 0 Å². The summed E-state index contributed by atoms with van der Waals surface area (Å²) in [4.78, 5) is 26.6. The molecule has 0 radical (unpaired) electrons. The number of anilines is 1. The molecule has 9 heteroatoms. The van der Waals surface area contributed by atoms with E-state index in [0.29, 0.717) is 18.8 Å². The molecule has 30 heavy (non-hydrogen) atoms. The molecule has 0 saturated heterocycles. The molecule has 1 N–H and O–H groups in total. The van der Waals surface area contributed by atoms with Crippen LogP contribution in [0.4, 0.5) is 5.69 Å². The number of carbonyl (C=O) groups excluding carboxylic acids is 2. The van der Waals surface area contributed by atoms with Crippen molar-refractivity contribution in [2.24, 2.45) is 0 Å². The van der Waals surface area contributed by atoms with Crippen molar-refractivity contribution in [1.82, 2.24) is 9.80 Å². The molecular weight excluding hydrogens is 406 g/mol. The second kappa shape index (κ2) is 10.2. The Morgan fingerprint density at radius 2 is 1.67 bits per heavy atom. The van der Waals surface area contributed by atoms with Gasteiger partial charge in [0, 0.05) is 39.2 Å². The summed E-state index contributed by atoms with van der Waals surface area (Å²) >= 11 is 0. The smallest absolute Gasteiger partial charge is 0.339 e. The molecule has 0 aliphatic carbocycles. The minimum atomic E-state index is -4.04. The molecule has 0 aromatic heterocycles. The van der Waals surface area contributed by atoms with Crippen LogP contribution in [0.25, 0.3) is 0 Å². The van der Waals surface area contributed by atoms with Gasteiger partial charge in [-0.3, -0.25) is 9.59 Å². The SMILES string of the molecule is CC(=O)Nc1ccc(S(=O)(=O)Oc2cccc(CN(CCN(C)C)C(C)=O)c2)cc1. The minimum absolute atomic E-state index is 0.0293. The van der Waals surface area contributed by atoms with E-state index in [1.54, 1.807) is 23.1 Å². The van der Waals surface area contributed by atoms with Crippen molar-refractivity contribution in [2.75, 3.05) is 32.5 Å². The van der Waals surface area contributed by atoms with Gasteiger partial charge in [-0.05, 0) is 56.1 Å². The maximum absolute atomic E-state index is 12.6. The third-order valence-electron chi connectivity index (χ3n) is 4.20. The van der Waals surface area contributed by atoms with E-state index < -0.39 is 10.1 Å². The van der Waals surface area contributed by atoms with Gasteiger partial charge in [0.05, 0.1) is 0 Å². The molecule has 0 saturated carbocycles. The Morgan fingerprint density at radius 1 is 1.00 bits per heavy atom. The second-order valence-electron chi connectivity index (χ2n) is 7.13. The largest absolute Gasteiger partial charge is 0.379 e. The zero-order valence-electron chi connectivity index (χ0n) is 17.6. The number of benzene rings is 2. The van der Waals surface area contributed by atoms with Crippen LogP contribution >= 0.6 is 0 Å². The first-order valence-corrected chi connectivity index (χ1v) is 10.8. The molecule has 0 atom stereocenters. The van der Waals surface area contributed by atoms with Crippen molar-refractivity contribution in [3.63, 3.8) is 0 Å². The van der Waals surface area contributed by atoms with Crippen molar-refractivity contribution in [1.29, 1.82) is 0 Å². The van der Waals surface area contributed by atoms with Crippen LogP contribution in [0.15, 0.2) is 53.4 Å². The number of amides is 2. The van der Waals surface area contributed by atoms with Crippen LogP contribution in [0.3, 0.4) is 0 Å². The van der Waals surface area contributed by atoms with E-state index in [4.69, 9.17) is 4.18 Å². The maximum Gasteiger partial charge on any atom is 0.339 e. The van der Waals surface area contributed by atoms with Crippen molar-refractivity contribution in [2.45, 2.75) is 25.3 Å². The van der Waals surface area contributed by atoms with Gasteiger partial charge in [-0.2, -0.15) is 8.42 Å². The third-order valence-corrected chi connectivity index (χ3v) is 5.47. The molecule has 2 rings (SSSR count). The average Bonchev–Trinajstić information content (AvgIpc) is 2.64. The van der Waals surface area contributed by atoms with Crippen LogP contribution in [-0.4, -0.2) is 57.2 Å². The van der Waals surface area contributed by atoms with Gasteiger partial charge in [-0.15, -0.1) is 0 Å². The number of likely N-dealkylation sites (N-methyl/N-ethyl adjacent to an activating group) is 1. The van der Waals surface area contributed by atoms with Crippen LogP contribution in [0.2, 0.25) is 0 Å². The van der Waals surface area contributed by atoms with Crippen LogP contribution in [0.1, 0.15) is 19.4 Å². The molecule has 0 unspecified atom stereocenters. The first-order valence-electron chi connectivity index (χ1n) is 9.38. The van der Waals surface area contributed by atoms with Crippen molar-refractivity contribution in [3.05, 3.63) is 54.1 Å². The van der Waals surface area contributed by atoms with E-state index in [0.717, 1.165) is 12.1 Å². The summed E-state index contributed by atoms with van der Waals surface area (Å²) < 4.78 is 30.4. The fraction of sp³-hybridized carbons (Fsp3) is 0.333. The van der Waals surface area contributed by atoms with Gasteiger partial charge in [0.15, 0.2) is 0 Å². The number of nitrogens with one attached hydrogen (secondary N) is 1. The fourth-order valence-electron chi connectivity index (χ4n) is 2.67. The molecule has 0 spiro atoms. The molecule has 0 aliphatic rings. The molecule has 162 valence electrons. The fourth-order valence-corrected chi connectivity index (χ4v) is 3.59. The van der Waals surface area contributed by atoms with Gasteiger partial charge in [0.25, 0.3) is 0 Å². The zero-order chi connectivity index (χ0) is 22.3. The molecule has 2 aromatic carbocycles. The standard InChI is InChI=1S/C21H27N3O5S/c1-16(25)22-19-8-10-21(11-9-19)30(27,28)29-20-7-5-6-18(14-20)15-24(17(2)26)13-12-23(3)4/h5-11,14H,12-13,15H2,1-4H3,(H,22,25). The summed E-state index contributed by atoms with van der Waals surface area (Å²) in [5.41, 5.74) is 1.25. The number of nitrogens with zero attached hydrogens (tertiary/aromatic N) is 2. The quantitative estimate of drug-likeness (QED) is 0.610. The van der Waals surface area contributed by atoms with Crippen LogP contribution in [0, 0.1) is 0 Å². The van der Waals surface area contributed by atoms with E-state index in [1.807, 2.05) is 25.1 Å². The number of rotatable bonds is 9. The van der Waals surface area contributed by atoms with Gasteiger partial charge in [-0.25, -0.2) is 0 Å². The van der Waals surface area contributed by atoms with E-state index in [2.05, 4.69) is 5.32 Å². The summed E-state index contributed by atoms with van der Waals surface area (Å²) in [7, 11) is -0.180. The molecule has 2 amide bonds. The topological polar surface area (TPSA) is 96.0 Å². The average molecular weight is 434 g/mol. The summed E-state index contributed by atoms with van der Waals surface area (Å²) in [5, 5.41) is 2.58. The second-order valence-corrected chi connectivity index (χ2v) is 8.68. The maximum atomic E-state index is 12.6. The van der Waals surface area contributed by atoms with Crippen molar-refractivity contribution < 1.29 is 22.2 Å². The monoisotopic (exact) mass is 433 g/mol. The third kappa shape index (κ3) is 7.16. The number of carbonyl (C=O) groups is 2. The van der Waals surface area contributed by atoms with E-state index in [1.165, 1.54) is 38.1 Å². The lowest BCUT2D eigenvalue weighted by atomic mass is 10.2. The van der Waals surface area contributed by atoms with Crippen LogP contribution in [-0.2, 0) is 26.3 Å². The highest BCUT2D eigenvalue weighted by atomic mass is 32.2. The van der Waals surface area contributed by atoms with Crippen LogP contribution < -0.4 is 9.50 Å². The van der Waals surface area contributed by atoms with Gasteiger partial charge in [0.1, 0.15) is 10.6 Å². The summed E-state index contributed by atoms with van der Waals surface area (Å²) in [6.45, 7) is 4.51. The lowest BCUT2D eigenvalue weighted by molar-refractivity contribution is -0.129. The lowest BCUT2D eigenvalue weighted by Gasteiger charge is -2.23. The summed E-state index contributed by atoms with van der Waals surface area (Å²) in [6.07, 6.45) is 0. The Balaban J connectivity index is 2.13. The Labute approximate surface area is 177 Å². The zero-order valence-corrected chi connectivity index (χ0v) is 18.4. The minimum Gasteiger partial charge on any atom is -0.379 e. The first kappa shape index (κ1) is 23.4. The molecule has 0 bridgehead atoms. The molecule has 0 heterocycles. The van der Waals surface area contributed by atoms with Gasteiger partial charge >= 0.3 is 10.1 Å². The van der Waals surface area contributed by atoms with Gasteiger partial charge < -0.3 is 19.3 Å². The van der Waals surface area contributed by atoms with Crippen molar-refractivity contribution >= 4 is 27.6 Å². The highest BCUT2D eigenvalue weighted by molar-refractivity contribution is 7.87. The summed E-state index contributed by atoms with van der Waals surface area (Å²) in [5.74, 6) is -0.145. The molecular formula is C21H27N3O5S. The molecule has 8 nitrogen and oxygen atoms in total. The predicted molar refractivity (Wildman–Crippen MR) is 115 cm³/mol. The molecule has 0 fully saturated rings. The lowest BCUT2D eigenvalue weighted by Crippen LogP contribution is -2.34. The van der Waals surface area contributed by atoms with Crippen molar-refractivity contribution in [3.8, 4) is 5.75 Å². The molecule has 2 aromatic rings. The molecule has 0 aliphatic heterocycles.